The summed E-state index contributed by atoms with van der Waals surface area (Å²) in [4.78, 5) is 46.3. The summed E-state index contributed by atoms with van der Waals surface area (Å²) in [6, 6.07) is -1.52. The van der Waals surface area contributed by atoms with Crippen molar-refractivity contribution in [3.05, 3.63) is 24.3 Å². The van der Waals surface area contributed by atoms with Gasteiger partial charge in [-0.25, -0.2) is 4.57 Å². The molecule has 66 heavy (non-hydrogen) atoms. The van der Waals surface area contributed by atoms with Crippen LogP contribution in [0.2, 0.25) is 0 Å². The molecule has 12 heteroatoms. The highest BCUT2D eigenvalue weighted by atomic mass is 31.2. The minimum Gasteiger partial charge on any atom is -0.480 e. The molecule has 0 spiro atoms. The highest BCUT2D eigenvalue weighted by Crippen LogP contribution is 2.43. The van der Waals surface area contributed by atoms with Crippen LogP contribution < -0.4 is 5.73 Å². The molecule has 0 saturated carbocycles. The maximum Gasteiger partial charge on any atom is 0.472 e. The fraction of sp³-hybridized carbons (Fsp3) is 0.870. The van der Waals surface area contributed by atoms with Gasteiger partial charge in [0, 0.05) is 12.8 Å². The lowest BCUT2D eigenvalue weighted by atomic mass is 10.0. The van der Waals surface area contributed by atoms with Gasteiger partial charge in [-0.2, -0.15) is 0 Å². The van der Waals surface area contributed by atoms with E-state index in [2.05, 4.69) is 38.2 Å². The first-order valence-corrected chi connectivity index (χ1v) is 28.9. The predicted molar refractivity (Wildman–Crippen MR) is 272 cm³/mol. The summed E-state index contributed by atoms with van der Waals surface area (Å²) in [7, 11) is -4.72. The molecule has 1 unspecified atom stereocenters. The molecule has 0 rings (SSSR count). The van der Waals surface area contributed by atoms with Crippen molar-refractivity contribution in [2.45, 2.75) is 283 Å². The molecule has 0 fully saturated rings. The quantitative estimate of drug-likeness (QED) is 0.0229. The number of carboxylic acid groups (broad SMARTS) is 1. The molecule has 0 saturated heterocycles. The van der Waals surface area contributed by atoms with E-state index in [1.54, 1.807) is 0 Å². The van der Waals surface area contributed by atoms with Crippen LogP contribution >= 0.6 is 7.82 Å². The monoisotopic (exact) mass is 956 g/mol. The molecule has 0 aromatic heterocycles. The van der Waals surface area contributed by atoms with E-state index in [4.69, 9.17) is 29.4 Å². The maximum atomic E-state index is 12.7. The van der Waals surface area contributed by atoms with Gasteiger partial charge in [-0.15, -0.1) is 0 Å². The SMILES string of the molecule is CCCCCCCC/C=C/CCCCCCCCCCCCCC(=O)OC[C@H](COP(=O)(O)OC[C@H](N)C(=O)O)OC(=O)CCCCCCCCCCCCC/C=C/CCCCCCCC. The van der Waals surface area contributed by atoms with E-state index in [0.29, 0.717) is 12.8 Å². The Morgan fingerprint density at radius 2 is 0.758 bits per heavy atom. The van der Waals surface area contributed by atoms with Crippen LogP contribution in [-0.2, 0) is 37.5 Å². The molecule has 0 aliphatic rings. The number of ether oxygens (including phenoxy) is 2. The van der Waals surface area contributed by atoms with Crippen LogP contribution in [0.25, 0.3) is 0 Å². The molecule has 0 bridgehead atoms. The van der Waals surface area contributed by atoms with Crippen LogP contribution in [0.3, 0.4) is 0 Å². The standard InChI is InChI=1S/C54H102NO10P/c1-3-5-7-9-11-13-15-17-19-21-23-25-27-29-31-33-35-37-39-41-43-45-52(56)62-47-50(48-63-66(60,61)64-49-51(55)54(58)59)65-53(57)46-44-42-40-38-36-34-32-30-28-26-24-22-20-18-16-14-12-10-8-6-4-2/h17-20,50-51H,3-16,21-49,55H2,1-2H3,(H,58,59)(H,60,61)/b19-17+,20-18+/t50-,51+/m1/s1. The molecule has 0 radical (unpaired) electrons. The number of esters is 2. The number of carbonyl (C=O) groups is 3. The molecule has 0 aromatic carbocycles. The molecule has 3 atom stereocenters. The highest BCUT2D eigenvalue weighted by Gasteiger charge is 2.28. The summed E-state index contributed by atoms with van der Waals surface area (Å²) in [5, 5.41) is 8.93. The molecule has 388 valence electrons. The molecule has 11 nitrogen and oxygen atoms in total. The van der Waals surface area contributed by atoms with E-state index in [1.165, 1.54) is 193 Å². The van der Waals surface area contributed by atoms with E-state index in [1.807, 2.05) is 0 Å². The van der Waals surface area contributed by atoms with Crippen LogP contribution in [0.1, 0.15) is 271 Å². The van der Waals surface area contributed by atoms with Crippen LogP contribution in [0.15, 0.2) is 24.3 Å². The Bertz CT molecular complexity index is 1210. The number of rotatable bonds is 52. The van der Waals surface area contributed by atoms with Gasteiger partial charge in [-0.1, -0.05) is 218 Å². The van der Waals surface area contributed by atoms with Crippen LogP contribution in [0, 0.1) is 0 Å². The second kappa shape index (κ2) is 49.4. The van der Waals surface area contributed by atoms with Crippen molar-refractivity contribution in [3.8, 4) is 0 Å². The second-order valence-electron chi connectivity index (χ2n) is 18.7. The number of phosphoric acid groups is 1. The number of carbonyl (C=O) groups excluding carboxylic acids is 2. The fourth-order valence-corrected chi connectivity index (χ4v) is 8.66. The first-order chi connectivity index (χ1) is 32.1. The van der Waals surface area contributed by atoms with Gasteiger partial charge >= 0.3 is 25.7 Å². The summed E-state index contributed by atoms with van der Waals surface area (Å²) in [6.07, 6.45) is 55.2. The molecule has 4 N–H and O–H groups in total. The molecular weight excluding hydrogens is 854 g/mol. The first-order valence-electron chi connectivity index (χ1n) is 27.4. The van der Waals surface area contributed by atoms with E-state index >= 15 is 0 Å². The van der Waals surface area contributed by atoms with Crippen molar-refractivity contribution in [2.75, 3.05) is 19.8 Å². The Morgan fingerprint density at radius 3 is 1.11 bits per heavy atom. The third-order valence-electron chi connectivity index (χ3n) is 12.2. The average Bonchev–Trinajstić information content (AvgIpc) is 3.30. The summed E-state index contributed by atoms with van der Waals surface area (Å²) in [6.45, 7) is 2.85. The van der Waals surface area contributed by atoms with Crippen molar-refractivity contribution in [1.82, 2.24) is 0 Å². The Balaban J connectivity index is 4.18. The molecule has 0 aliphatic carbocycles. The Morgan fingerprint density at radius 1 is 0.455 bits per heavy atom. The smallest absolute Gasteiger partial charge is 0.472 e. The fourth-order valence-electron chi connectivity index (χ4n) is 7.88. The summed E-state index contributed by atoms with van der Waals surface area (Å²) < 4.78 is 32.9. The van der Waals surface area contributed by atoms with Crippen molar-refractivity contribution in [1.29, 1.82) is 0 Å². The number of hydrogen-bond donors (Lipinski definition) is 3. The lowest BCUT2D eigenvalue weighted by Crippen LogP contribution is -2.34. The Kier molecular flexibility index (Phi) is 47.9. The molecule has 0 aromatic rings. The molecular formula is C54H102NO10P. The average molecular weight is 956 g/mol. The summed E-state index contributed by atoms with van der Waals surface area (Å²) in [5.74, 6) is -2.36. The topological polar surface area (TPSA) is 172 Å². The van der Waals surface area contributed by atoms with Gasteiger partial charge in [0.25, 0.3) is 0 Å². The van der Waals surface area contributed by atoms with Crippen molar-refractivity contribution >= 4 is 25.7 Å². The zero-order valence-electron chi connectivity index (χ0n) is 42.6. The third kappa shape index (κ3) is 48.4. The van der Waals surface area contributed by atoms with E-state index in [9.17, 15) is 23.8 Å². The number of unbranched alkanes of at least 4 members (excludes halogenated alkanes) is 34. The van der Waals surface area contributed by atoms with E-state index in [-0.39, 0.29) is 19.4 Å². The van der Waals surface area contributed by atoms with Crippen LogP contribution in [0.4, 0.5) is 0 Å². The largest absolute Gasteiger partial charge is 0.480 e. The van der Waals surface area contributed by atoms with Gasteiger partial charge in [-0.3, -0.25) is 23.4 Å². The van der Waals surface area contributed by atoms with Gasteiger partial charge in [0.2, 0.25) is 0 Å². The zero-order chi connectivity index (χ0) is 48.4. The second-order valence-corrected chi connectivity index (χ2v) is 20.2. The lowest BCUT2D eigenvalue weighted by molar-refractivity contribution is -0.161. The first kappa shape index (κ1) is 64.0. The van der Waals surface area contributed by atoms with Crippen molar-refractivity contribution in [2.24, 2.45) is 5.73 Å². The normalized spacial score (nSPS) is 13.6. The number of carboxylic acids is 1. The van der Waals surface area contributed by atoms with Gasteiger partial charge < -0.3 is 25.2 Å². The highest BCUT2D eigenvalue weighted by molar-refractivity contribution is 7.47. The van der Waals surface area contributed by atoms with E-state index < -0.39 is 51.1 Å². The third-order valence-corrected chi connectivity index (χ3v) is 13.1. The van der Waals surface area contributed by atoms with Gasteiger partial charge in [0.05, 0.1) is 13.2 Å². The number of aliphatic carboxylic acids is 1. The van der Waals surface area contributed by atoms with Gasteiger partial charge in [-0.05, 0) is 64.2 Å². The summed E-state index contributed by atoms with van der Waals surface area (Å²) >= 11 is 0. The molecule has 0 aliphatic heterocycles. The Labute approximate surface area is 404 Å². The van der Waals surface area contributed by atoms with Gasteiger partial charge in [0.15, 0.2) is 6.10 Å². The minimum absolute atomic E-state index is 0.163. The summed E-state index contributed by atoms with van der Waals surface area (Å²) in [5.41, 5.74) is 5.36. The van der Waals surface area contributed by atoms with Crippen LogP contribution in [-0.4, -0.2) is 59.9 Å². The van der Waals surface area contributed by atoms with E-state index in [0.717, 1.165) is 38.5 Å². The number of nitrogens with two attached hydrogens (primary N) is 1. The maximum absolute atomic E-state index is 12.7. The number of hydrogen-bond acceptors (Lipinski definition) is 9. The Hall–Kier alpha value is -2.04. The molecule has 0 heterocycles. The minimum atomic E-state index is -4.72. The van der Waals surface area contributed by atoms with Crippen LogP contribution in [0.5, 0.6) is 0 Å². The number of phosphoric ester groups is 1. The van der Waals surface area contributed by atoms with Crippen molar-refractivity contribution < 1.29 is 47.5 Å². The molecule has 0 amide bonds. The zero-order valence-corrected chi connectivity index (χ0v) is 43.4. The lowest BCUT2D eigenvalue weighted by Gasteiger charge is -2.20. The predicted octanol–water partition coefficient (Wildman–Crippen LogP) is 15.7. The van der Waals surface area contributed by atoms with Gasteiger partial charge in [0.1, 0.15) is 12.6 Å². The number of allylic oxidation sites excluding steroid dienone is 4. The van der Waals surface area contributed by atoms with Crippen molar-refractivity contribution in [3.63, 3.8) is 0 Å².